The van der Waals surface area contributed by atoms with Gasteiger partial charge in [0.25, 0.3) is 0 Å². The van der Waals surface area contributed by atoms with Gasteiger partial charge in [-0.2, -0.15) is 5.06 Å². The van der Waals surface area contributed by atoms with Crippen molar-refractivity contribution in [3.8, 4) is 0 Å². The third-order valence-corrected chi connectivity index (χ3v) is 3.87. The van der Waals surface area contributed by atoms with Crippen LogP contribution in [0, 0.1) is 0 Å². The summed E-state index contributed by atoms with van der Waals surface area (Å²) < 4.78 is 0. The second-order valence-corrected chi connectivity index (χ2v) is 6.81. The van der Waals surface area contributed by atoms with Gasteiger partial charge >= 0.3 is 0 Å². The molecule has 1 saturated heterocycles. The van der Waals surface area contributed by atoms with E-state index >= 15 is 0 Å². The zero-order chi connectivity index (χ0) is 14.8. The Morgan fingerprint density at radius 3 is 2.20 bits per heavy atom. The Balaban J connectivity index is 1.87. The first kappa shape index (κ1) is 15.4. The average Bonchev–Trinajstić information content (AvgIpc) is 2.36. The zero-order valence-corrected chi connectivity index (χ0v) is 12.8. The molecule has 4 heteroatoms. The molecule has 0 aliphatic carbocycles. The van der Waals surface area contributed by atoms with E-state index in [4.69, 9.17) is 9.78 Å². The monoisotopic (exact) mass is 279 g/mol. The predicted octanol–water partition coefficient (Wildman–Crippen LogP) is 3.55. The van der Waals surface area contributed by atoms with Crippen LogP contribution >= 0.6 is 0 Å². The Morgan fingerprint density at radius 2 is 1.65 bits per heavy atom. The lowest BCUT2D eigenvalue weighted by atomic mass is 9.80. The van der Waals surface area contributed by atoms with Crippen LogP contribution in [0.4, 0.5) is 0 Å². The first-order chi connectivity index (χ1) is 9.31. The zero-order valence-electron chi connectivity index (χ0n) is 12.8. The molecule has 0 radical (unpaired) electrons. The van der Waals surface area contributed by atoms with Crippen LogP contribution in [0.15, 0.2) is 30.3 Å². The predicted molar refractivity (Wildman–Crippen MR) is 77.1 cm³/mol. The van der Waals surface area contributed by atoms with E-state index in [1.165, 1.54) is 5.06 Å². The Labute approximate surface area is 121 Å². The molecule has 1 fully saturated rings. The van der Waals surface area contributed by atoms with Crippen molar-refractivity contribution >= 4 is 0 Å². The lowest BCUT2D eigenvalue weighted by Crippen LogP contribution is -2.60. The van der Waals surface area contributed by atoms with Crippen LogP contribution in [0.1, 0.15) is 46.1 Å². The van der Waals surface area contributed by atoms with E-state index in [2.05, 4.69) is 0 Å². The summed E-state index contributed by atoms with van der Waals surface area (Å²) in [5.41, 5.74) is 0.455. The fourth-order valence-electron chi connectivity index (χ4n) is 3.02. The topological polar surface area (TPSA) is 41.9 Å². The minimum absolute atomic E-state index is 0.00730. The van der Waals surface area contributed by atoms with Crippen LogP contribution in [0.25, 0.3) is 0 Å². The lowest BCUT2D eigenvalue weighted by Gasteiger charge is -2.50. The summed E-state index contributed by atoms with van der Waals surface area (Å²) in [6, 6.07) is 9.96. The molecule has 0 bridgehead atoms. The number of piperidine rings is 1. The molecule has 0 atom stereocenters. The van der Waals surface area contributed by atoms with Crippen molar-refractivity contribution in [1.29, 1.82) is 0 Å². The van der Waals surface area contributed by atoms with Gasteiger partial charge in [0.1, 0.15) is 6.61 Å². The van der Waals surface area contributed by atoms with Gasteiger partial charge in [-0.05, 0) is 46.1 Å². The molecule has 112 valence electrons. The summed E-state index contributed by atoms with van der Waals surface area (Å²) >= 11 is 0. The van der Waals surface area contributed by atoms with Gasteiger partial charge in [0, 0.05) is 11.1 Å². The van der Waals surface area contributed by atoms with Gasteiger partial charge in [-0.3, -0.25) is 0 Å². The number of nitrogens with zero attached hydrogens (tertiary/aromatic N) is 1. The second kappa shape index (κ2) is 5.82. The highest BCUT2D eigenvalue weighted by Gasteiger charge is 2.45. The molecule has 4 nitrogen and oxygen atoms in total. The summed E-state index contributed by atoms with van der Waals surface area (Å²) in [7, 11) is 0. The van der Waals surface area contributed by atoms with E-state index < -0.39 is 0 Å². The highest BCUT2D eigenvalue weighted by atomic mass is 17.2. The fourth-order valence-corrected chi connectivity index (χ4v) is 3.02. The van der Waals surface area contributed by atoms with Gasteiger partial charge in [0.05, 0.1) is 6.10 Å². The third-order valence-electron chi connectivity index (χ3n) is 3.87. The quantitative estimate of drug-likeness (QED) is 0.676. The van der Waals surface area contributed by atoms with Crippen molar-refractivity contribution < 1.29 is 15.0 Å². The van der Waals surface area contributed by atoms with Crippen LogP contribution in [-0.4, -0.2) is 27.5 Å². The molecule has 1 aromatic rings. The van der Waals surface area contributed by atoms with Crippen LogP contribution in [0.3, 0.4) is 0 Å². The molecule has 2 rings (SSSR count). The Kier molecular flexibility index (Phi) is 4.49. The van der Waals surface area contributed by atoms with Crippen molar-refractivity contribution in [1.82, 2.24) is 5.06 Å². The van der Waals surface area contributed by atoms with E-state index in [1.54, 1.807) is 0 Å². The second-order valence-electron chi connectivity index (χ2n) is 6.81. The molecule has 1 aliphatic rings. The van der Waals surface area contributed by atoms with Gasteiger partial charge in [-0.1, -0.05) is 30.3 Å². The normalized spacial score (nSPS) is 22.9. The molecule has 0 saturated carbocycles. The molecule has 0 aromatic heterocycles. The number of hydrogen-bond acceptors (Lipinski definition) is 4. The van der Waals surface area contributed by atoms with Crippen molar-refractivity contribution in [3.05, 3.63) is 35.9 Å². The summed E-state index contributed by atoms with van der Waals surface area (Å²) in [6.45, 7) is 8.51. The molecule has 0 spiro atoms. The SMILES string of the molecule is CC1(C)CC(OOCc2ccccc2)CC(C)(C)N1O. The van der Waals surface area contributed by atoms with Crippen molar-refractivity contribution in [3.63, 3.8) is 0 Å². The number of rotatable bonds is 4. The molecular weight excluding hydrogens is 254 g/mol. The van der Waals surface area contributed by atoms with Crippen molar-refractivity contribution in [2.75, 3.05) is 0 Å². The molecule has 0 unspecified atom stereocenters. The van der Waals surface area contributed by atoms with Gasteiger partial charge < -0.3 is 5.21 Å². The minimum Gasteiger partial charge on any atom is -0.313 e. The van der Waals surface area contributed by atoms with E-state index in [0.717, 1.165) is 18.4 Å². The molecule has 1 aromatic carbocycles. The lowest BCUT2D eigenvalue weighted by molar-refractivity contribution is -0.363. The van der Waals surface area contributed by atoms with E-state index in [1.807, 2.05) is 58.0 Å². The van der Waals surface area contributed by atoms with Crippen LogP contribution < -0.4 is 0 Å². The molecule has 20 heavy (non-hydrogen) atoms. The molecule has 1 aliphatic heterocycles. The Hall–Kier alpha value is -0.940. The molecular formula is C16H25NO3. The molecule has 0 amide bonds. The smallest absolute Gasteiger partial charge is 0.107 e. The largest absolute Gasteiger partial charge is 0.313 e. The number of benzene rings is 1. The molecule has 1 heterocycles. The first-order valence-corrected chi connectivity index (χ1v) is 7.13. The maximum Gasteiger partial charge on any atom is 0.107 e. The third kappa shape index (κ3) is 3.58. The average molecular weight is 279 g/mol. The van der Waals surface area contributed by atoms with Crippen LogP contribution in [0.2, 0.25) is 0 Å². The standard InChI is InChI=1S/C16H25NO3/c1-15(2)10-14(11-16(3,4)17(15)18)20-19-12-13-8-6-5-7-9-13/h5-9,14,18H,10-12H2,1-4H3. The van der Waals surface area contributed by atoms with Gasteiger partial charge in [0.2, 0.25) is 0 Å². The van der Waals surface area contributed by atoms with E-state index in [-0.39, 0.29) is 17.2 Å². The summed E-state index contributed by atoms with van der Waals surface area (Å²) in [5, 5.41) is 11.7. The number of hydrogen-bond donors (Lipinski definition) is 1. The highest BCUT2D eigenvalue weighted by Crippen LogP contribution is 2.37. The number of hydroxylamine groups is 2. The van der Waals surface area contributed by atoms with Gasteiger partial charge in [-0.15, -0.1) is 0 Å². The maximum atomic E-state index is 10.2. The Bertz CT molecular complexity index is 413. The highest BCUT2D eigenvalue weighted by molar-refractivity contribution is 5.13. The summed E-state index contributed by atoms with van der Waals surface area (Å²) in [6.07, 6.45) is 1.47. The Morgan fingerprint density at radius 1 is 1.10 bits per heavy atom. The minimum atomic E-state index is -0.317. The van der Waals surface area contributed by atoms with Gasteiger partial charge in [0.15, 0.2) is 0 Å². The van der Waals surface area contributed by atoms with Gasteiger partial charge in [-0.25, -0.2) is 9.78 Å². The van der Waals surface area contributed by atoms with E-state index in [9.17, 15) is 5.21 Å². The summed E-state index contributed by atoms with van der Waals surface area (Å²) in [4.78, 5) is 10.9. The first-order valence-electron chi connectivity index (χ1n) is 7.13. The van der Waals surface area contributed by atoms with Crippen LogP contribution in [0.5, 0.6) is 0 Å². The van der Waals surface area contributed by atoms with Crippen molar-refractivity contribution in [2.45, 2.75) is 64.3 Å². The fraction of sp³-hybridized carbons (Fsp3) is 0.625. The van der Waals surface area contributed by atoms with Crippen molar-refractivity contribution in [2.24, 2.45) is 0 Å². The van der Waals surface area contributed by atoms with E-state index in [0.29, 0.717) is 6.61 Å². The maximum absolute atomic E-state index is 10.2. The summed E-state index contributed by atoms with van der Waals surface area (Å²) in [5.74, 6) is 0. The molecule has 1 N–H and O–H groups in total. The van der Waals surface area contributed by atoms with Crippen LogP contribution in [-0.2, 0) is 16.4 Å².